The fourth-order valence-corrected chi connectivity index (χ4v) is 3.82. The van der Waals surface area contributed by atoms with E-state index in [2.05, 4.69) is 4.98 Å². The molecule has 0 atom stereocenters. The average molecular weight is 393 g/mol. The highest BCUT2D eigenvalue weighted by Gasteiger charge is 2.09. The van der Waals surface area contributed by atoms with E-state index in [0.717, 1.165) is 15.2 Å². The van der Waals surface area contributed by atoms with Crippen LogP contribution in [-0.4, -0.2) is 16.1 Å². The van der Waals surface area contributed by atoms with Crippen molar-refractivity contribution >= 4 is 27.5 Å². The first-order valence-corrected chi connectivity index (χ1v) is 9.48. The largest absolute Gasteiger partial charge is 0.486 e. The number of carboxylic acids is 1. The van der Waals surface area contributed by atoms with Gasteiger partial charge in [-0.15, -0.1) is 11.3 Å². The molecule has 0 saturated heterocycles. The molecule has 0 aliphatic heterocycles. The summed E-state index contributed by atoms with van der Waals surface area (Å²) >= 11 is 1.60. The minimum Gasteiger partial charge on any atom is -0.486 e. The van der Waals surface area contributed by atoms with Crippen LogP contribution in [0.4, 0.5) is 4.39 Å². The number of aliphatic carboxylic acids is 1. The quantitative estimate of drug-likeness (QED) is 0.482. The second-order valence-corrected chi connectivity index (χ2v) is 7.39. The van der Waals surface area contributed by atoms with Gasteiger partial charge in [0.25, 0.3) is 0 Å². The Kier molecular flexibility index (Phi) is 5.04. The second kappa shape index (κ2) is 7.78. The Morgan fingerprint density at radius 3 is 2.57 bits per heavy atom. The van der Waals surface area contributed by atoms with Gasteiger partial charge in [-0.2, -0.15) is 0 Å². The first-order valence-electron chi connectivity index (χ1n) is 8.66. The summed E-state index contributed by atoms with van der Waals surface area (Å²) in [4.78, 5) is 15.3. The van der Waals surface area contributed by atoms with Gasteiger partial charge in [0.2, 0.25) is 0 Å². The van der Waals surface area contributed by atoms with Crippen molar-refractivity contribution in [3.05, 3.63) is 83.1 Å². The predicted octanol–water partition coefficient (Wildman–Crippen LogP) is 5.31. The van der Waals surface area contributed by atoms with Gasteiger partial charge in [-0.25, -0.2) is 9.37 Å². The Balaban J connectivity index is 1.45. The minimum absolute atomic E-state index is 0.199. The number of carbonyl (C=O) groups is 1. The lowest BCUT2D eigenvalue weighted by Crippen LogP contribution is -2.00. The van der Waals surface area contributed by atoms with Crippen LogP contribution >= 0.6 is 11.3 Å². The molecule has 1 N–H and O–H groups in total. The van der Waals surface area contributed by atoms with Gasteiger partial charge in [-0.3, -0.25) is 4.79 Å². The van der Waals surface area contributed by atoms with Crippen molar-refractivity contribution in [1.29, 1.82) is 0 Å². The van der Waals surface area contributed by atoms with Gasteiger partial charge in [0.15, 0.2) is 0 Å². The number of thiazole rings is 1. The maximum atomic E-state index is 14.3. The smallest absolute Gasteiger partial charge is 0.307 e. The number of carboxylic acid groups (broad SMARTS) is 1. The number of rotatable bonds is 6. The summed E-state index contributed by atoms with van der Waals surface area (Å²) in [5, 5.41) is 9.70. The molecule has 0 unspecified atom stereocenters. The first kappa shape index (κ1) is 18.1. The zero-order chi connectivity index (χ0) is 19.5. The minimum atomic E-state index is -0.984. The summed E-state index contributed by atoms with van der Waals surface area (Å²) in [7, 11) is 0. The van der Waals surface area contributed by atoms with Crippen molar-refractivity contribution in [3.8, 4) is 16.9 Å². The van der Waals surface area contributed by atoms with E-state index < -0.39 is 11.8 Å². The molecular weight excluding hydrogens is 377 g/mol. The molecule has 0 aliphatic rings. The van der Waals surface area contributed by atoms with Gasteiger partial charge >= 0.3 is 5.97 Å². The number of benzene rings is 3. The topological polar surface area (TPSA) is 59.4 Å². The van der Waals surface area contributed by atoms with Crippen LogP contribution in [0.25, 0.3) is 21.3 Å². The number of halogens is 1. The van der Waals surface area contributed by atoms with Crippen molar-refractivity contribution in [2.24, 2.45) is 0 Å². The van der Waals surface area contributed by atoms with Crippen LogP contribution in [0.3, 0.4) is 0 Å². The molecule has 0 saturated carbocycles. The van der Waals surface area contributed by atoms with Crippen LogP contribution in [-0.2, 0) is 17.8 Å². The monoisotopic (exact) mass is 393 g/mol. The standard InChI is InChI=1S/C22H16FNO3S/c23-18-11-14(12-22(25)26)5-10-17(18)15-6-8-16(9-7-15)27-13-21-24-19-3-1-2-4-20(19)28-21/h1-11H,12-13H2,(H,25,26). The normalized spacial score (nSPS) is 10.9. The number of hydrogen-bond donors (Lipinski definition) is 1. The molecule has 1 heterocycles. The summed E-state index contributed by atoms with van der Waals surface area (Å²) in [6, 6.07) is 19.6. The van der Waals surface area contributed by atoms with Crippen LogP contribution in [0.5, 0.6) is 5.75 Å². The molecule has 0 aliphatic carbocycles. The van der Waals surface area contributed by atoms with Crippen molar-refractivity contribution in [2.45, 2.75) is 13.0 Å². The Labute approximate surface area is 164 Å². The van der Waals surface area contributed by atoms with Crippen molar-refractivity contribution in [2.75, 3.05) is 0 Å². The third kappa shape index (κ3) is 4.02. The molecule has 0 fully saturated rings. The SMILES string of the molecule is O=C(O)Cc1ccc(-c2ccc(OCc3nc4ccccc4s3)cc2)c(F)c1. The van der Waals surface area contributed by atoms with Gasteiger partial charge in [-0.05, 0) is 41.5 Å². The molecule has 3 aromatic carbocycles. The third-order valence-corrected chi connectivity index (χ3v) is 5.26. The van der Waals surface area contributed by atoms with Crippen LogP contribution in [0.2, 0.25) is 0 Å². The fraction of sp³-hybridized carbons (Fsp3) is 0.0909. The summed E-state index contributed by atoms with van der Waals surface area (Å²) in [5.74, 6) is -0.755. The maximum absolute atomic E-state index is 14.3. The van der Waals surface area contributed by atoms with Crippen LogP contribution in [0, 0.1) is 5.82 Å². The van der Waals surface area contributed by atoms with E-state index in [1.165, 1.54) is 6.07 Å². The second-order valence-electron chi connectivity index (χ2n) is 6.27. The molecule has 0 amide bonds. The Bertz CT molecular complexity index is 1110. The van der Waals surface area contributed by atoms with Gasteiger partial charge in [0.1, 0.15) is 23.2 Å². The maximum Gasteiger partial charge on any atom is 0.307 e. The van der Waals surface area contributed by atoms with E-state index in [1.54, 1.807) is 47.7 Å². The summed E-state index contributed by atoms with van der Waals surface area (Å²) in [6.07, 6.45) is -0.199. The molecule has 0 radical (unpaired) electrons. The van der Waals surface area contributed by atoms with Gasteiger partial charge in [0.05, 0.1) is 16.6 Å². The number of nitrogens with zero attached hydrogens (tertiary/aromatic N) is 1. The molecular formula is C22H16FNO3S. The lowest BCUT2D eigenvalue weighted by Gasteiger charge is -2.08. The Hall–Kier alpha value is -3.25. The van der Waals surface area contributed by atoms with E-state index in [0.29, 0.717) is 29.0 Å². The average Bonchev–Trinajstić information content (AvgIpc) is 3.10. The lowest BCUT2D eigenvalue weighted by molar-refractivity contribution is -0.136. The van der Waals surface area contributed by atoms with Gasteiger partial charge in [-0.1, -0.05) is 36.4 Å². The van der Waals surface area contributed by atoms with Crippen LogP contribution < -0.4 is 4.74 Å². The van der Waals surface area contributed by atoms with Crippen molar-refractivity contribution < 1.29 is 19.0 Å². The third-order valence-electron chi connectivity index (χ3n) is 4.25. The zero-order valence-electron chi connectivity index (χ0n) is 14.8. The number of ether oxygens (including phenoxy) is 1. The first-order chi connectivity index (χ1) is 13.6. The number of fused-ring (bicyclic) bond motifs is 1. The molecule has 4 aromatic rings. The Morgan fingerprint density at radius 2 is 1.86 bits per heavy atom. The molecule has 1 aromatic heterocycles. The molecule has 0 bridgehead atoms. The molecule has 4 nitrogen and oxygen atoms in total. The highest BCUT2D eigenvalue weighted by Crippen LogP contribution is 2.27. The highest BCUT2D eigenvalue weighted by molar-refractivity contribution is 7.18. The summed E-state index contributed by atoms with van der Waals surface area (Å²) in [6.45, 7) is 0.372. The zero-order valence-corrected chi connectivity index (χ0v) is 15.6. The van der Waals surface area contributed by atoms with Crippen LogP contribution in [0.15, 0.2) is 66.7 Å². The van der Waals surface area contributed by atoms with Crippen molar-refractivity contribution in [3.63, 3.8) is 0 Å². The fourth-order valence-electron chi connectivity index (χ4n) is 2.93. The Morgan fingerprint density at radius 1 is 1.07 bits per heavy atom. The van der Waals surface area contributed by atoms with Gasteiger partial charge in [0, 0.05) is 5.56 Å². The summed E-state index contributed by atoms with van der Waals surface area (Å²) < 4.78 is 21.2. The molecule has 28 heavy (non-hydrogen) atoms. The van der Waals surface area contributed by atoms with E-state index >= 15 is 0 Å². The molecule has 140 valence electrons. The summed E-state index contributed by atoms with van der Waals surface area (Å²) in [5.41, 5.74) is 2.52. The van der Waals surface area contributed by atoms with E-state index in [1.807, 2.05) is 24.3 Å². The number of aromatic nitrogens is 1. The molecule has 0 spiro atoms. The highest BCUT2D eigenvalue weighted by atomic mass is 32.1. The van der Waals surface area contributed by atoms with Gasteiger partial charge < -0.3 is 9.84 Å². The van der Waals surface area contributed by atoms with E-state index in [4.69, 9.17) is 9.84 Å². The predicted molar refractivity (Wildman–Crippen MR) is 107 cm³/mol. The molecule has 6 heteroatoms. The van der Waals surface area contributed by atoms with E-state index in [9.17, 15) is 9.18 Å². The van der Waals surface area contributed by atoms with E-state index in [-0.39, 0.29) is 6.42 Å². The number of hydrogen-bond acceptors (Lipinski definition) is 4. The number of para-hydroxylation sites is 1. The van der Waals surface area contributed by atoms with Crippen molar-refractivity contribution in [1.82, 2.24) is 4.98 Å². The lowest BCUT2D eigenvalue weighted by atomic mass is 10.0. The molecule has 4 rings (SSSR count). The van der Waals surface area contributed by atoms with Crippen LogP contribution in [0.1, 0.15) is 10.6 Å².